The summed E-state index contributed by atoms with van der Waals surface area (Å²) in [6.07, 6.45) is -2.14. The van der Waals surface area contributed by atoms with Gasteiger partial charge in [0.1, 0.15) is 11.2 Å². The largest absolute Gasteiger partial charge is 0.456 e. The number of imidazole rings is 1. The third-order valence-electron chi connectivity index (χ3n) is 1.62. The predicted molar refractivity (Wildman–Crippen MR) is 43.5 cm³/mol. The van der Waals surface area contributed by atoms with Crippen molar-refractivity contribution in [3.8, 4) is 0 Å². The molecule has 0 spiro atoms. The monoisotopic (exact) mass is 220 g/mol. The summed E-state index contributed by atoms with van der Waals surface area (Å²) in [4.78, 5) is 14.5. The summed E-state index contributed by atoms with van der Waals surface area (Å²) >= 11 is 1.04. The summed E-state index contributed by atoms with van der Waals surface area (Å²) in [5.74, 6) is -1.90. The molecule has 0 saturated carbocycles. The van der Waals surface area contributed by atoms with Crippen molar-refractivity contribution < 1.29 is 18.0 Å². The van der Waals surface area contributed by atoms with Crippen molar-refractivity contribution in [3.63, 3.8) is 0 Å². The van der Waals surface area contributed by atoms with Crippen molar-refractivity contribution in [2.45, 2.75) is 6.18 Å². The van der Waals surface area contributed by atoms with Gasteiger partial charge in [0, 0.05) is 11.6 Å². The Labute approximate surface area is 79.8 Å². The van der Waals surface area contributed by atoms with E-state index in [4.69, 9.17) is 0 Å². The number of carbonyl (C=O) groups is 1. The van der Waals surface area contributed by atoms with Crippen molar-refractivity contribution in [1.29, 1.82) is 0 Å². The fourth-order valence-electron chi connectivity index (χ4n) is 1.02. The summed E-state index contributed by atoms with van der Waals surface area (Å²) in [6, 6.07) is 0. The van der Waals surface area contributed by atoms with Crippen LogP contribution in [0.4, 0.5) is 13.2 Å². The smallest absolute Gasteiger partial charge is 0.296 e. The summed E-state index contributed by atoms with van der Waals surface area (Å²) in [7, 11) is 0. The molecule has 0 aliphatic heterocycles. The standard InChI is InChI=1S/C7H3F3N2OS/c8-7(9,10)5(13)4-6-12(3-11-4)1-2-14-6/h1-3H. The van der Waals surface area contributed by atoms with Gasteiger partial charge in [-0.05, 0) is 0 Å². The Bertz CT molecular complexity index is 484. The van der Waals surface area contributed by atoms with E-state index in [0.29, 0.717) is 0 Å². The second-order valence-corrected chi connectivity index (χ2v) is 3.43. The third-order valence-corrected chi connectivity index (χ3v) is 2.51. The molecule has 2 aromatic heterocycles. The van der Waals surface area contributed by atoms with E-state index in [1.54, 1.807) is 11.6 Å². The Morgan fingerprint density at radius 2 is 2.21 bits per heavy atom. The summed E-state index contributed by atoms with van der Waals surface area (Å²) in [5.41, 5.74) is -0.535. The third kappa shape index (κ3) is 1.29. The van der Waals surface area contributed by atoms with E-state index >= 15 is 0 Å². The number of hydrogen-bond acceptors (Lipinski definition) is 3. The lowest BCUT2D eigenvalue weighted by molar-refractivity contribution is -0.0886. The van der Waals surface area contributed by atoms with Gasteiger partial charge in [-0.2, -0.15) is 13.2 Å². The number of carbonyl (C=O) groups excluding carboxylic acids is 1. The molecular formula is C7H3F3N2OS. The quantitative estimate of drug-likeness (QED) is 0.690. The van der Waals surface area contributed by atoms with Gasteiger partial charge in [0.25, 0.3) is 5.78 Å². The van der Waals surface area contributed by atoms with E-state index in [2.05, 4.69) is 4.98 Å². The van der Waals surface area contributed by atoms with Gasteiger partial charge in [0.15, 0.2) is 5.69 Å². The van der Waals surface area contributed by atoms with Gasteiger partial charge in [-0.15, -0.1) is 11.3 Å². The van der Waals surface area contributed by atoms with Gasteiger partial charge in [0.05, 0.1) is 0 Å². The van der Waals surface area contributed by atoms with Crippen LogP contribution in [0.1, 0.15) is 10.5 Å². The van der Waals surface area contributed by atoms with Crippen LogP contribution in [0.15, 0.2) is 17.9 Å². The SMILES string of the molecule is O=C(c1ncn2ccsc12)C(F)(F)F. The highest BCUT2D eigenvalue weighted by Crippen LogP contribution is 2.25. The first-order valence-electron chi connectivity index (χ1n) is 3.52. The average molecular weight is 220 g/mol. The topological polar surface area (TPSA) is 34.4 Å². The Hall–Kier alpha value is -1.37. The Morgan fingerprint density at radius 1 is 1.50 bits per heavy atom. The van der Waals surface area contributed by atoms with E-state index in [-0.39, 0.29) is 4.83 Å². The molecule has 0 atom stereocenters. The number of ketones is 1. The normalized spacial score (nSPS) is 12.2. The lowest BCUT2D eigenvalue weighted by Gasteiger charge is -2.00. The number of hydrogen-bond donors (Lipinski definition) is 0. The molecule has 74 valence electrons. The lowest BCUT2D eigenvalue weighted by atomic mass is 10.3. The summed E-state index contributed by atoms with van der Waals surface area (Å²) in [5, 5.41) is 1.59. The molecule has 3 nitrogen and oxygen atoms in total. The first-order chi connectivity index (χ1) is 6.50. The van der Waals surface area contributed by atoms with Crippen LogP contribution in [0.25, 0.3) is 4.83 Å². The zero-order valence-electron chi connectivity index (χ0n) is 6.58. The minimum Gasteiger partial charge on any atom is -0.296 e. The molecule has 0 saturated heterocycles. The lowest BCUT2D eigenvalue weighted by Crippen LogP contribution is -2.23. The number of Topliss-reactive ketones (excluding diaryl/α,β-unsaturated/α-hetero) is 1. The van der Waals surface area contributed by atoms with Crippen LogP contribution >= 0.6 is 11.3 Å². The molecule has 14 heavy (non-hydrogen) atoms. The van der Waals surface area contributed by atoms with E-state index in [0.717, 1.165) is 11.3 Å². The first-order valence-corrected chi connectivity index (χ1v) is 4.40. The average Bonchev–Trinajstić information content (AvgIpc) is 2.59. The molecule has 0 amide bonds. The number of alkyl halides is 3. The Balaban J connectivity index is 2.54. The fraction of sp³-hybridized carbons (Fsp3) is 0.143. The molecule has 0 N–H and O–H groups in total. The van der Waals surface area contributed by atoms with Crippen LogP contribution < -0.4 is 0 Å². The van der Waals surface area contributed by atoms with Gasteiger partial charge in [-0.3, -0.25) is 9.20 Å². The van der Waals surface area contributed by atoms with Crippen LogP contribution in [0, 0.1) is 0 Å². The van der Waals surface area contributed by atoms with Gasteiger partial charge in [-0.25, -0.2) is 4.98 Å². The number of aromatic nitrogens is 2. The number of thiazole rings is 1. The van der Waals surface area contributed by atoms with Crippen molar-refractivity contribution in [2.24, 2.45) is 0 Å². The number of rotatable bonds is 1. The zero-order valence-corrected chi connectivity index (χ0v) is 7.39. The van der Waals surface area contributed by atoms with Crippen LogP contribution in [-0.2, 0) is 0 Å². The molecule has 2 aromatic rings. The molecule has 2 rings (SSSR count). The maximum absolute atomic E-state index is 12.1. The number of fused-ring (bicyclic) bond motifs is 1. The molecule has 0 aliphatic carbocycles. The maximum atomic E-state index is 12.1. The number of halogens is 3. The highest BCUT2D eigenvalue weighted by atomic mass is 32.1. The van der Waals surface area contributed by atoms with Crippen molar-refractivity contribution in [3.05, 3.63) is 23.6 Å². The molecule has 2 heterocycles. The van der Waals surface area contributed by atoms with Crippen LogP contribution in [0.2, 0.25) is 0 Å². The molecule has 0 fully saturated rings. The van der Waals surface area contributed by atoms with Crippen molar-refractivity contribution >= 4 is 22.0 Å². The van der Waals surface area contributed by atoms with E-state index < -0.39 is 17.7 Å². The second kappa shape index (κ2) is 2.81. The molecule has 0 aromatic carbocycles. The van der Waals surface area contributed by atoms with Gasteiger partial charge >= 0.3 is 6.18 Å². The zero-order chi connectivity index (χ0) is 10.3. The Morgan fingerprint density at radius 3 is 2.86 bits per heavy atom. The van der Waals surface area contributed by atoms with E-state index in [1.807, 2.05) is 0 Å². The van der Waals surface area contributed by atoms with Gasteiger partial charge < -0.3 is 0 Å². The van der Waals surface area contributed by atoms with Gasteiger partial charge in [-0.1, -0.05) is 0 Å². The summed E-state index contributed by atoms with van der Waals surface area (Å²) in [6.45, 7) is 0. The van der Waals surface area contributed by atoms with E-state index in [9.17, 15) is 18.0 Å². The highest BCUT2D eigenvalue weighted by Gasteiger charge is 2.41. The molecule has 0 unspecified atom stereocenters. The van der Waals surface area contributed by atoms with E-state index in [1.165, 1.54) is 10.7 Å². The van der Waals surface area contributed by atoms with Crippen molar-refractivity contribution in [2.75, 3.05) is 0 Å². The Kier molecular flexibility index (Phi) is 1.84. The van der Waals surface area contributed by atoms with Gasteiger partial charge in [0.2, 0.25) is 0 Å². The van der Waals surface area contributed by atoms with Crippen LogP contribution in [-0.4, -0.2) is 21.3 Å². The molecule has 0 bridgehead atoms. The molecule has 7 heteroatoms. The molecule has 0 radical (unpaired) electrons. The first kappa shape index (κ1) is 9.20. The minimum absolute atomic E-state index is 0.215. The predicted octanol–water partition coefficient (Wildman–Crippen LogP) is 2.14. The minimum atomic E-state index is -4.86. The molecular weight excluding hydrogens is 217 g/mol. The van der Waals surface area contributed by atoms with Crippen LogP contribution in [0.3, 0.4) is 0 Å². The number of nitrogens with zero attached hydrogens (tertiary/aromatic N) is 2. The van der Waals surface area contributed by atoms with Crippen LogP contribution in [0.5, 0.6) is 0 Å². The van der Waals surface area contributed by atoms with Crippen molar-refractivity contribution in [1.82, 2.24) is 9.38 Å². The summed E-state index contributed by atoms with van der Waals surface area (Å²) < 4.78 is 37.5. The highest BCUT2D eigenvalue weighted by molar-refractivity contribution is 7.15. The second-order valence-electron chi connectivity index (χ2n) is 2.54. The fourth-order valence-corrected chi connectivity index (χ4v) is 1.83. The maximum Gasteiger partial charge on any atom is 0.456 e. The molecule has 0 aliphatic rings.